The molecule has 2 saturated carbocycles. The molecule has 0 aromatic carbocycles. The highest BCUT2D eigenvalue weighted by Crippen LogP contribution is 2.54. The van der Waals surface area contributed by atoms with Crippen LogP contribution in [-0.4, -0.2) is 31.8 Å². The highest BCUT2D eigenvalue weighted by Gasteiger charge is 2.48. The lowest BCUT2D eigenvalue weighted by atomic mass is 9.92. The summed E-state index contributed by atoms with van der Waals surface area (Å²) in [6, 6.07) is 0.728. The topological polar surface area (TPSA) is 81.6 Å². The molecule has 132 valence electrons. The van der Waals surface area contributed by atoms with Crippen LogP contribution < -0.4 is 11.1 Å². The van der Waals surface area contributed by atoms with Crippen molar-refractivity contribution in [2.24, 2.45) is 11.1 Å². The molecule has 7 heteroatoms. The van der Waals surface area contributed by atoms with Gasteiger partial charge in [0.1, 0.15) is 0 Å². The van der Waals surface area contributed by atoms with Gasteiger partial charge in [-0.3, -0.25) is 4.68 Å². The number of hydrogen-bond donors (Lipinski definition) is 2. The lowest BCUT2D eigenvalue weighted by molar-refractivity contribution is 0.410. The van der Waals surface area contributed by atoms with Gasteiger partial charge in [-0.25, -0.2) is 9.97 Å². The van der Waals surface area contributed by atoms with Crippen LogP contribution in [0.15, 0.2) is 12.4 Å². The predicted octanol–water partition coefficient (Wildman–Crippen LogP) is 3.01. The molecule has 3 N–H and O–H groups in total. The molecule has 3 aliphatic rings. The van der Waals surface area contributed by atoms with Crippen LogP contribution >= 0.6 is 11.6 Å². The van der Waals surface area contributed by atoms with E-state index in [9.17, 15) is 0 Å². The van der Waals surface area contributed by atoms with Crippen molar-refractivity contribution in [3.63, 3.8) is 0 Å². The number of nitrogens with one attached hydrogen (secondary N) is 1. The van der Waals surface area contributed by atoms with Crippen molar-refractivity contribution < 1.29 is 0 Å². The van der Waals surface area contributed by atoms with Gasteiger partial charge in [0.2, 0.25) is 5.95 Å². The Kier molecular flexibility index (Phi) is 3.54. The summed E-state index contributed by atoms with van der Waals surface area (Å²) in [5.41, 5.74) is 9.59. The molecule has 0 saturated heterocycles. The van der Waals surface area contributed by atoms with Gasteiger partial charge in [0.25, 0.3) is 0 Å². The molecule has 0 radical (unpaired) electrons. The number of rotatable bonds is 3. The van der Waals surface area contributed by atoms with E-state index in [1.54, 1.807) is 6.20 Å². The summed E-state index contributed by atoms with van der Waals surface area (Å²) in [7, 11) is 0. The second-order valence-corrected chi connectivity index (χ2v) is 8.39. The zero-order valence-electron chi connectivity index (χ0n) is 14.2. The quantitative estimate of drug-likeness (QED) is 0.881. The van der Waals surface area contributed by atoms with Crippen LogP contribution in [0.5, 0.6) is 0 Å². The Labute approximate surface area is 152 Å². The third-order valence-corrected chi connectivity index (χ3v) is 6.31. The van der Waals surface area contributed by atoms with E-state index in [0.29, 0.717) is 28.5 Å². The van der Waals surface area contributed by atoms with Crippen LogP contribution in [-0.2, 0) is 13.0 Å². The van der Waals surface area contributed by atoms with E-state index in [0.717, 1.165) is 49.9 Å². The van der Waals surface area contributed by atoms with E-state index in [1.165, 1.54) is 18.5 Å². The van der Waals surface area contributed by atoms with Gasteiger partial charge in [-0.05, 0) is 50.4 Å². The standard InChI is InChI=1S/C18H23ClN6/c19-14-9-21-17(23-12-3-1-11(20)2-4-12)24-16(14)13-8-22-25-10-18(5-6-18)7-15(13)25/h8-9,11-12H,1-7,10,20H2,(H,21,23,24)/t11-,12-. The van der Waals surface area contributed by atoms with Gasteiger partial charge in [-0.2, -0.15) is 5.10 Å². The second kappa shape index (κ2) is 5.68. The number of halogens is 1. The van der Waals surface area contributed by atoms with E-state index in [-0.39, 0.29) is 0 Å². The van der Waals surface area contributed by atoms with Gasteiger partial charge in [-0.1, -0.05) is 11.6 Å². The van der Waals surface area contributed by atoms with Gasteiger partial charge in [0.05, 0.1) is 23.1 Å². The van der Waals surface area contributed by atoms with Crippen LogP contribution in [0.25, 0.3) is 11.3 Å². The molecule has 3 heterocycles. The minimum Gasteiger partial charge on any atom is -0.351 e. The molecule has 0 bridgehead atoms. The molecule has 1 aliphatic heterocycles. The van der Waals surface area contributed by atoms with Crippen LogP contribution in [0.3, 0.4) is 0 Å². The normalized spacial score (nSPS) is 26.6. The van der Waals surface area contributed by atoms with Crippen molar-refractivity contribution >= 4 is 17.5 Å². The van der Waals surface area contributed by atoms with E-state index in [4.69, 9.17) is 22.3 Å². The molecule has 2 aromatic rings. The van der Waals surface area contributed by atoms with Crippen LogP contribution in [0, 0.1) is 5.41 Å². The summed E-state index contributed by atoms with van der Waals surface area (Å²) in [6.07, 6.45) is 11.5. The summed E-state index contributed by atoms with van der Waals surface area (Å²) >= 11 is 6.43. The molecule has 5 rings (SSSR count). The number of anilines is 1. The second-order valence-electron chi connectivity index (χ2n) is 7.99. The smallest absolute Gasteiger partial charge is 0.223 e. The summed E-state index contributed by atoms with van der Waals surface area (Å²) in [4.78, 5) is 9.12. The first-order valence-electron chi connectivity index (χ1n) is 9.22. The average molecular weight is 359 g/mol. The number of aromatic nitrogens is 4. The molecule has 1 spiro atoms. The van der Waals surface area contributed by atoms with Gasteiger partial charge in [0.15, 0.2) is 0 Å². The maximum absolute atomic E-state index is 6.43. The number of hydrogen-bond acceptors (Lipinski definition) is 5. The van der Waals surface area contributed by atoms with Crippen molar-refractivity contribution in [2.45, 2.75) is 63.6 Å². The zero-order valence-corrected chi connectivity index (χ0v) is 15.0. The minimum atomic E-state index is 0.337. The zero-order chi connectivity index (χ0) is 17.0. The Balaban J connectivity index is 1.41. The van der Waals surface area contributed by atoms with Crippen molar-refractivity contribution in [2.75, 3.05) is 5.32 Å². The summed E-state index contributed by atoms with van der Waals surface area (Å²) in [6.45, 7) is 1.04. The van der Waals surface area contributed by atoms with Crippen molar-refractivity contribution in [1.29, 1.82) is 0 Å². The Bertz CT molecular complexity index is 804. The summed E-state index contributed by atoms with van der Waals surface area (Å²) in [5.74, 6) is 0.652. The first-order chi connectivity index (χ1) is 12.1. The third kappa shape index (κ3) is 2.81. The van der Waals surface area contributed by atoms with Gasteiger partial charge < -0.3 is 11.1 Å². The van der Waals surface area contributed by atoms with E-state index in [2.05, 4.69) is 20.1 Å². The summed E-state index contributed by atoms with van der Waals surface area (Å²) < 4.78 is 2.14. The van der Waals surface area contributed by atoms with Gasteiger partial charge in [-0.15, -0.1) is 0 Å². The largest absolute Gasteiger partial charge is 0.351 e. The maximum atomic E-state index is 6.43. The Morgan fingerprint density at radius 2 is 2.00 bits per heavy atom. The minimum absolute atomic E-state index is 0.337. The molecular weight excluding hydrogens is 336 g/mol. The summed E-state index contributed by atoms with van der Waals surface area (Å²) in [5, 5.41) is 8.62. The van der Waals surface area contributed by atoms with E-state index >= 15 is 0 Å². The first-order valence-corrected chi connectivity index (χ1v) is 9.59. The molecule has 2 fully saturated rings. The van der Waals surface area contributed by atoms with Crippen molar-refractivity contribution in [3.8, 4) is 11.3 Å². The third-order valence-electron chi connectivity index (χ3n) is 6.04. The van der Waals surface area contributed by atoms with Crippen LogP contribution in [0.4, 0.5) is 5.95 Å². The fraction of sp³-hybridized carbons (Fsp3) is 0.611. The van der Waals surface area contributed by atoms with E-state index < -0.39 is 0 Å². The molecular formula is C18H23ClN6. The van der Waals surface area contributed by atoms with Crippen LogP contribution in [0.1, 0.15) is 44.2 Å². The molecule has 6 nitrogen and oxygen atoms in total. The molecule has 2 aromatic heterocycles. The highest BCUT2D eigenvalue weighted by molar-refractivity contribution is 6.32. The molecule has 0 amide bonds. The number of nitrogens with two attached hydrogens (primary N) is 1. The fourth-order valence-electron chi connectivity index (χ4n) is 4.24. The number of fused-ring (bicyclic) bond motifs is 1. The van der Waals surface area contributed by atoms with Gasteiger partial charge >= 0.3 is 0 Å². The maximum Gasteiger partial charge on any atom is 0.223 e. The Morgan fingerprint density at radius 3 is 2.76 bits per heavy atom. The monoisotopic (exact) mass is 358 g/mol. The molecule has 2 aliphatic carbocycles. The van der Waals surface area contributed by atoms with Crippen molar-refractivity contribution in [1.82, 2.24) is 19.7 Å². The fourth-order valence-corrected chi connectivity index (χ4v) is 4.44. The lowest BCUT2D eigenvalue weighted by Crippen LogP contribution is -2.33. The molecule has 0 unspecified atom stereocenters. The predicted molar refractivity (Wildman–Crippen MR) is 97.5 cm³/mol. The highest BCUT2D eigenvalue weighted by atomic mass is 35.5. The molecule has 0 atom stereocenters. The Morgan fingerprint density at radius 1 is 1.20 bits per heavy atom. The molecule has 25 heavy (non-hydrogen) atoms. The Hall–Kier alpha value is -1.66. The van der Waals surface area contributed by atoms with Gasteiger partial charge in [0, 0.05) is 29.9 Å². The van der Waals surface area contributed by atoms with Crippen LogP contribution in [0.2, 0.25) is 5.02 Å². The van der Waals surface area contributed by atoms with Crippen molar-refractivity contribution in [3.05, 3.63) is 23.1 Å². The SMILES string of the molecule is N[C@H]1CC[C@H](Nc2ncc(Cl)c(-c3cnn4c3CC3(CC3)C4)n2)CC1. The first kappa shape index (κ1) is 15.6. The number of nitrogens with zero attached hydrogens (tertiary/aromatic N) is 4. The average Bonchev–Trinajstić information content (AvgIpc) is 3.10. The lowest BCUT2D eigenvalue weighted by Gasteiger charge is -2.26. The van der Waals surface area contributed by atoms with E-state index in [1.807, 2.05) is 6.20 Å².